The first-order chi connectivity index (χ1) is 12.9. The normalized spacial score (nSPS) is 13.0. The Morgan fingerprint density at radius 2 is 1.46 bits per heavy atom. The minimum Gasteiger partial charge on any atom is -0.744 e. The fourth-order valence-corrected chi connectivity index (χ4v) is 4.03. The molecule has 28 heavy (non-hydrogen) atoms. The summed E-state index contributed by atoms with van der Waals surface area (Å²) in [7, 11) is -4.94. The predicted molar refractivity (Wildman–Crippen MR) is 105 cm³/mol. The van der Waals surface area contributed by atoms with E-state index in [0.29, 0.717) is 12.2 Å². The molecular formula is C20H33NaO6S. The Labute approximate surface area is 192 Å². The molecule has 1 atom stereocenters. The second kappa shape index (κ2) is 14.8. The van der Waals surface area contributed by atoms with Crippen LogP contribution >= 0.6 is 0 Å². The van der Waals surface area contributed by atoms with Crippen molar-refractivity contribution in [3.63, 3.8) is 0 Å². The van der Waals surface area contributed by atoms with Crippen LogP contribution in [0.15, 0.2) is 30.3 Å². The van der Waals surface area contributed by atoms with Gasteiger partial charge in [0, 0.05) is 13.2 Å². The third-order valence-corrected chi connectivity index (χ3v) is 5.47. The molecule has 0 aliphatic carbocycles. The van der Waals surface area contributed by atoms with Gasteiger partial charge in [0.05, 0.1) is 0 Å². The standard InChI is InChI=1S/C20H34O6S.Na/c1-4-7-8-9-10-14-17-19(26-18-15-12-11-13-16-18)20(24-5-2,25-6-3)27(21,22)23;/h11-13,15-16,19H,4-10,14,17H2,1-3H3,(H,21,22,23);/q;+1/p-1. The van der Waals surface area contributed by atoms with Crippen LogP contribution in [-0.2, 0) is 19.6 Å². The minimum absolute atomic E-state index is 0. The van der Waals surface area contributed by atoms with E-state index in [9.17, 15) is 13.0 Å². The van der Waals surface area contributed by atoms with Crippen molar-refractivity contribution in [2.75, 3.05) is 13.2 Å². The number of hydrogen-bond donors (Lipinski definition) is 0. The van der Waals surface area contributed by atoms with E-state index in [2.05, 4.69) is 6.92 Å². The van der Waals surface area contributed by atoms with Gasteiger partial charge in [-0.1, -0.05) is 57.2 Å². The molecule has 0 aliphatic heterocycles. The molecule has 0 saturated carbocycles. The zero-order valence-electron chi connectivity index (χ0n) is 17.7. The van der Waals surface area contributed by atoms with Crippen molar-refractivity contribution in [2.45, 2.75) is 76.9 Å². The smallest absolute Gasteiger partial charge is 0.744 e. The van der Waals surface area contributed by atoms with E-state index >= 15 is 0 Å². The maximum Gasteiger partial charge on any atom is 1.00 e. The van der Waals surface area contributed by atoms with Crippen molar-refractivity contribution in [3.05, 3.63) is 30.3 Å². The number of ether oxygens (including phenoxy) is 3. The summed E-state index contributed by atoms with van der Waals surface area (Å²) in [5, 5.41) is -2.35. The van der Waals surface area contributed by atoms with Crippen LogP contribution in [0, 0.1) is 0 Å². The third-order valence-electron chi connectivity index (χ3n) is 4.28. The van der Waals surface area contributed by atoms with Crippen molar-refractivity contribution in [2.24, 2.45) is 0 Å². The second-order valence-electron chi connectivity index (χ2n) is 6.40. The van der Waals surface area contributed by atoms with Crippen LogP contribution in [0.4, 0.5) is 0 Å². The van der Waals surface area contributed by atoms with Crippen molar-refractivity contribution >= 4 is 10.1 Å². The Morgan fingerprint density at radius 1 is 0.929 bits per heavy atom. The van der Waals surface area contributed by atoms with E-state index in [1.165, 1.54) is 6.42 Å². The topological polar surface area (TPSA) is 84.9 Å². The maximum atomic E-state index is 12.2. The summed E-state index contributed by atoms with van der Waals surface area (Å²) in [5.41, 5.74) is 0. The quantitative estimate of drug-likeness (QED) is 0.183. The summed E-state index contributed by atoms with van der Waals surface area (Å²) in [5.74, 6) is 0.473. The summed E-state index contributed by atoms with van der Waals surface area (Å²) >= 11 is 0. The summed E-state index contributed by atoms with van der Waals surface area (Å²) in [6.07, 6.45) is 5.50. The molecule has 0 amide bonds. The maximum absolute atomic E-state index is 12.2. The molecule has 8 heteroatoms. The molecule has 0 radical (unpaired) electrons. The van der Waals surface area contributed by atoms with Gasteiger partial charge in [0.1, 0.15) is 5.75 Å². The molecule has 0 spiro atoms. The van der Waals surface area contributed by atoms with E-state index in [1.54, 1.807) is 38.1 Å². The number of benzene rings is 1. The molecule has 1 unspecified atom stereocenters. The zero-order chi connectivity index (χ0) is 20.2. The van der Waals surface area contributed by atoms with Crippen LogP contribution in [0.3, 0.4) is 0 Å². The summed E-state index contributed by atoms with van der Waals surface area (Å²) < 4.78 is 53.2. The van der Waals surface area contributed by atoms with Gasteiger partial charge in [0.2, 0.25) is 0 Å². The molecule has 1 aromatic rings. The van der Waals surface area contributed by atoms with E-state index in [-0.39, 0.29) is 42.8 Å². The fourth-order valence-electron chi connectivity index (χ4n) is 3.02. The molecule has 0 bridgehead atoms. The van der Waals surface area contributed by atoms with Gasteiger partial charge in [-0.25, -0.2) is 8.42 Å². The molecule has 0 aliphatic rings. The Morgan fingerprint density at radius 3 is 1.96 bits per heavy atom. The minimum atomic E-state index is -4.94. The van der Waals surface area contributed by atoms with Gasteiger partial charge >= 0.3 is 29.6 Å². The van der Waals surface area contributed by atoms with Crippen molar-refractivity contribution in [1.29, 1.82) is 0 Å². The van der Waals surface area contributed by atoms with Crippen LogP contribution in [-0.4, -0.2) is 37.4 Å². The Kier molecular flexibility index (Phi) is 14.7. The van der Waals surface area contributed by atoms with Crippen LogP contribution in [0.2, 0.25) is 0 Å². The monoisotopic (exact) mass is 424 g/mol. The average molecular weight is 425 g/mol. The predicted octanol–water partition coefficient (Wildman–Crippen LogP) is 1.46. The third kappa shape index (κ3) is 8.69. The Balaban J connectivity index is 0.00000729. The molecule has 0 aromatic heterocycles. The first-order valence-corrected chi connectivity index (χ1v) is 11.3. The van der Waals surface area contributed by atoms with E-state index in [4.69, 9.17) is 14.2 Å². The van der Waals surface area contributed by atoms with Gasteiger partial charge < -0.3 is 18.8 Å². The van der Waals surface area contributed by atoms with Gasteiger partial charge in [0.15, 0.2) is 16.2 Å². The van der Waals surface area contributed by atoms with Crippen molar-refractivity contribution in [3.8, 4) is 5.75 Å². The SMILES string of the molecule is CCCCCCCCC(Oc1ccccc1)C(OCC)(OCC)S(=O)(=O)[O-].[Na+]. The van der Waals surface area contributed by atoms with Crippen LogP contribution in [0.25, 0.3) is 0 Å². The van der Waals surface area contributed by atoms with Gasteiger partial charge in [-0.15, -0.1) is 0 Å². The molecule has 0 saturated heterocycles. The average Bonchev–Trinajstić information content (AvgIpc) is 2.63. The number of para-hydroxylation sites is 1. The van der Waals surface area contributed by atoms with Crippen LogP contribution in [0.5, 0.6) is 5.75 Å². The van der Waals surface area contributed by atoms with E-state index in [0.717, 1.165) is 32.1 Å². The zero-order valence-corrected chi connectivity index (χ0v) is 20.5. The van der Waals surface area contributed by atoms with Crippen molar-refractivity contribution in [1.82, 2.24) is 0 Å². The molecule has 156 valence electrons. The van der Waals surface area contributed by atoms with E-state index < -0.39 is 21.3 Å². The molecule has 1 rings (SSSR count). The first-order valence-electron chi connectivity index (χ1n) is 9.86. The summed E-state index contributed by atoms with van der Waals surface area (Å²) in [6, 6.07) is 8.83. The molecule has 0 fully saturated rings. The van der Waals surface area contributed by atoms with E-state index in [1.807, 2.05) is 6.07 Å². The second-order valence-corrected chi connectivity index (χ2v) is 7.88. The summed E-state index contributed by atoms with van der Waals surface area (Å²) in [6.45, 7) is 5.45. The van der Waals surface area contributed by atoms with Gasteiger partial charge in [-0.05, 0) is 38.8 Å². The molecule has 1 aromatic carbocycles. The number of unbranched alkanes of at least 4 members (excludes halogenated alkanes) is 5. The number of hydrogen-bond acceptors (Lipinski definition) is 6. The van der Waals surface area contributed by atoms with Gasteiger partial charge in [-0.2, -0.15) is 0 Å². The number of rotatable bonds is 15. The summed E-state index contributed by atoms with van der Waals surface area (Å²) in [4.78, 5) is 0. The van der Waals surface area contributed by atoms with Gasteiger partial charge in [-0.3, -0.25) is 0 Å². The molecule has 0 N–H and O–H groups in total. The fraction of sp³-hybridized carbons (Fsp3) is 0.700. The molecule has 6 nitrogen and oxygen atoms in total. The molecule has 0 heterocycles. The van der Waals surface area contributed by atoms with Crippen LogP contribution in [0.1, 0.15) is 65.7 Å². The Hall–Kier alpha value is -0.150. The largest absolute Gasteiger partial charge is 1.00 e. The first kappa shape index (κ1) is 27.8. The van der Waals surface area contributed by atoms with Gasteiger partial charge in [0.25, 0.3) is 5.12 Å². The molecular weight excluding hydrogens is 391 g/mol. The van der Waals surface area contributed by atoms with Crippen molar-refractivity contribution < 1.29 is 56.7 Å². The van der Waals surface area contributed by atoms with Crippen LogP contribution < -0.4 is 34.3 Å². The Bertz CT molecular complexity index is 602.